The van der Waals surface area contributed by atoms with Gasteiger partial charge in [0.1, 0.15) is 5.56 Å². The fraction of sp³-hybridized carbons (Fsp3) is 0.417. The molecule has 0 radical (unpaired) electrons. The van der Waals surface area contributed by atoms with E-state index in [0.717, 1.165) is 11.3 Å². The summed E-state index contributed by atoms with van der Waals surface area (Å²) in [4.78, 5) is 23.2. The van der Waals surface area contributed by atoms with Crippen molar-refractivity contribution in [3.8, 4) is 0 Å². The van der Waals surface area contributed by atoms with Gasteiger partial charge in [-0.1, -0.05) is 6.92 Å². The third-order valence-electron chi connectivity index (χ3n) is 2.63. The molecule has 1 N–H and O–H groups in total. The van der Waals surface area contributed by atoms with Gasteiger partial charge in [0.15, 0.2) is 0 Å². The molecule has 1 unspecified atom stereocenters. The summed E-state index contributed by atoms with van der Waals surface area (Å²) in [7, 11) is 0. The van der Waals surface area contributed by atoms with Crippen LogP contribution in [0.2, 0.25) is 0 Å². The number of amides is 1. The Morgan fingerprint density at radius 2 is 2.22 bits per heavy atom. The fourth-order valence-corrected chi connectivity index (χ4v) is 1.83. The highest BCUT2D eigenvalue weighted by molar-refractivity contribution is 7.98. The van der Waals surface area contributed by atoms with Gasteiger partial charge in [0.25, 0.3) is 11.6 Å². The first-order chi connectivity index (χ1) is 8.49. The van der Waals surface area contributed by atoms with E-state index in [1.54, 1.807) is 12.1 Å². The number of carbonyl (C=O) groups is 1. The monoisotopic (exact) mass is 268 g/mol. The predicted molar refractivity (Wildman–Crippen MR) is 72.1 cm³/mol. The van der Waals surface area contributed by atoms with Crippen LogP contribution in [0.5, 0.6) is 0 Å². The van der Waals surface area contributed by atoms with E-state index in [1.165, 1.54) is 17.8 Å². The molecule has 1 rings (SSSR count). The van der Waals surface area contributed by atoms with Crippen LogP contribution >= 0.6 is 11.8 Å². The van der Waals surface area contributed by atoms with Crippen LogP contribution in [0.15, 0.2) is 23.1 Å². The van der Waals surface area contributed by atoms with E-state index in [1.807, 2.05) is 20.1 Å². The van der Waals surface area contributed by atoms with Crippen molar-refractivity contribution in [2.75, 3.05) is 6.26 Å². The van der Waals surface area contributed by atoms with Crippen molar-refractivity contribution in [2.24, 2.45) is 0 Å². The van der Waals surface area contributed by atoms with Crippen molar-refractivity contribution in [3.05, 3.63) is 33.9 Å². The van der Waals surface area contributed by atoms with Gasteiger partial charge in [-0.05, 0) is 31.7 Å². The molecule has 0 spiro atoms. The van der Waals surface area contributed by atoms with E-state index < -0.39 is 10.8 Å². The lowest BCUT2D eigenvalue weighted by molar-refractivity contribution is -0.385. The van der Waals surface area contributed by atoms with Gasteiger partial charge in [-0.2, -0.15) is 0 Å². The molecule has 98 valence electrons. The van der Waals surface area contributed by atoms with Crippen LogP contribution in [0.3, 0.4) is 0 Å². The van der Waals surface area contributed by atoms with Crippen LogP contribution in [0.4, 0.5) is 5.69 Å². The Morgan fingerprint density at radius 1 is 1.56 bits per heavy atom. The molecule has 1 atom stereocenters. The molecule has 0 saturated carbocycles. The summed E-state index contributed by atoms with van der Waals surface area (Å²) in [6.07, 6.45) is 2.64. The Balaban J connectivity index is 3.10. The predicted octanol–water partition coefficient (Wildman–Crippen LogP) is 2.85. The number of hydrogen-bond acceptors (Lipinski definition) is 4. The molecule has 6 heteroatoms. The zero-order chi connectivity index (χ0) is 13.7. The second-order valence-corrected chi connectivity index (χ2v) is 4.80. The average molecular weight is 268 g/mol. The molecule has 1 aromatic rings. The van der Waals surface area contributed by atoms with Crippen molar-refractivity contribution in [1.82, 2.24) is 5.32 Å². The Bertz CT molecular complexity index is 463. The summed E-state index contributed by atoms with van der Waals surface area (Å²) in [5.41, 5.74) is -0.0410. The van der Waals surface area contributed by atoms with E-state index in [2.05, 4.69) is 5.32 Å². The zero-order valence-corrected chi connectivity index (χ0v) is 11.4. The SMILES string of the molecule is CCC(C)NC(=O)c1cc(SC)ccc1[N+](=O)[O-]. The summed E-state index contributed by atoms with van der Waals surface area (Å²) >= 11 is 1.44. The number of nitro groups is 1. The van der Waals surface area contributed by atoms with Gasteiger partial charge in [0.05, 0.1) is 4.92 Å². The Morgan fingerprint density at radius 3 is 2.72 bits per heavy atom. The highest BCUT2D eigenvalue weighted by Crippen LogP contribution is 2.24. The fourth-order valence-electron chi connectivity index (χ4n) is 1.39. The molecule has 0 aliphatic carbocycles. The van der Waals surface area contributed by atoms with Crippen molar-refractivity contribution in [3.63, 3.8) is 0 Å². The summed E-state index contributed by atoms with van der Waals surface area (Å²) in [6, 6.07) is 4.57. The molecular weight excluding hydrogens is 252 g/mol. The summed E-state index contributed by atoms with van der Waals surface area (Å²) in [5, 5.41) is 13.6. The van der Waals surface area contributed by atoms with Gasteiger partial charge in [0, 0.05) is 17.0 Å². The Hall–Kier alpha value is -1.56. The van der Waals surface area contributed by atoms with E-state index in [4.69, 9.17) is 0 Å². The molecular formula is C12H16N2O3S. The number of nitrogens with one attached hydrogen (secondary N) is 1. The largest absolute Gasteiger partial charge is 0.349 e. The number of benzene rings is 1. The van der Waals surface area contributed by atoms with E-state index in [0.29, 0.717) is 0 Å². The molecule has 18 heavy (non-hydrogen) atoms. The number of thioether (sulfide) groups is 1. The van der Waals surface area contributed by atoms with Crippen molar-refractivity contribution in [1.29, 1.82) is 0 Å². The first-order valence-electron chi connectivity index (χ1n) is 5.62. The molecule has 0 aliphatic rings. The highest BCUT2D eigenvalue weighted by Gasteiger charge is 2.21. The topological polar surface area (TPSA) is 72.2 Å². The number of rotatable bonds is 5. The lowest BCUT2D eigenvalue weighted by Gasteiger charge is -2.11. The lowest BCUT2D eigenvalue weighted by atomic mass is 10.1. The second-order valence-electron chi connectivity index (χ2n) is 3.92. The summed E-state index contributed by atoms with van der Waals surface area (Å²) < 4.78 is 0. The Kier molecular flexibility index (Phi) is 5.15. The smallest absolute Gasteiger partial charge is 0.282 e. The number of nitrogens with zero attached hydrogens (tertiary/aromatic N) is 1. The first-order valence-corrected chi connectivity index (χ1v) is 6.85. The van der Waals surface area contributed by atoms with Gasteiger partial charge < -0.3 is 5.32 Å². The first kappa shape index (κ1) is 14.5. The summed E-state index contributed by atoms with van der Waals surface area (Å²) in [5.74, 6) is -0.396. The quantitative estimate of drug-likeness (QED) is 0.506. The zero-order valence-electron chi connectivity index (χ0n) is 10.6. The molecule has 0 bridgehead atoms. The number of carbonyl (C=O) groups excluding carboxylic acids is 1. The molecule has 1 aromatic carbocycles. The average Bonchev–Trinajstić information content (AvgIpc) is 2.37. The second kappa shape index (κ2) is 6.39. The van der Waals surface area contributed by atoms with Gasteiger partial charge in [-0.3, -0.25) is 14.9 Å². The van der Waals surface area contributed by atoms with Crippen molar-refractivity contribution >= 4 is 23.4 Å². The van der Waals surface area contributed by atoms with Crippen LogP contribution in [-0.2, 0) is 0 Å². The minimum atomic E-state index is -0.532. The molecule has 5 nitrogen and oxygen atoms in total. The normalized spacial score (nSPS) is 11.9. The van der Waals surface area contributed by atoms with Crippen molar-refractivity contribution in [2.45, 2.75) is 31.2 Å². The van der Waals surface area contributed by atoms with Crippen LogP contribution in [0.25, 0.3) is 0 Å². The number of nitro benzene ring substituents is 1. The van der Waals surface area contributed by atoms with E-state index in [9.17, 15) is 14.9 Å². The highest BCUT2D eigenvalue weighted by atomic mass is 32.2. The third-order valence-corrected chi connectivity index (χ3v) is 3.36. The minimum Gasteiger partial charge on any atom is -0.349 e. The van der Waals surface area contributed by atoms with Gasteiger partial charge >= 0.3 is 0 Å². The van der Waals surface area contributed by atoms with E-state index >= 15 is 0 Å². The maximum atomic E-state index is 12.0. The molecule has 0 aliphatic heterocycles. The maximum Gasteiger partial charge on any atom is 0.282 e. The van der Waals surface area contributed by atoms with Gasteiger partial charge in [-0.15, -0.1) is 11.8 Å². The maximum absolute atomic E-state index is 12.0. The standard InChI is InChI=1S/C12H16N2O3S/c1-4-8(2)13-12(15)10-7-9(18-3)5-6-11(10)14(16)17/h5-8H,4H2,1-3H3,(H,13,15). The van der Waals surface area contributed by atoms with Crippen LogP contribution in [-0.4, -0.2) is 23.1 Å². The molecule has 0 saturated heterocycles. The molecule has 1 amide bonds. The summed E-state index contributed by atoms with van der Waals surface area (Å²) in [6.45, 7) is 3.81. The molecule has 0 fully saturated rings. The van der Waals surface area contributed by atoms with Crippen LogP contribution in [0, 0.1) is 10.1 Å². The van der Waals surface area contributed by atoms with Crippen molar-refractivity contribution < 1.29 is 9.72 Å². The number of hydrogen-bond donors (Lipinski definition) is 1. The van der Waals surface area contributed by atoms with Gasteiger partial charge in [-0.25, -0.2) is 0 Å². The molecule has 0 aromatic heterocycles. The minimum absolute atomic E-state index is 0.00459. The van der Waals surface area contributed by atoms with E-state index in [-0.39, 0.29) is 17.3 Å². The van der Waals surface area contributed by atoms with Crippen LogP contribution < -0.4 is 5.32 Å². The molecule has 0 heterocycles. The van der Waals surface area contributed by atoms with Crippen LogP contribution in [0.1, 0.15) is 30.6 Å². The Labute approximate surface area is 110 Å². The third kappa shape index (κ3) is 3.46. The lowest BCUT2D eigenvalue weighted by Crippen LogP contribution is -2.32. The van der Waals surface area contributed by atoms with Gasteiger partial charge in [0.2, 0.25) is 0 Å².